The van der Waals surface area contributed by atoms with Crippen molar-refractivity contribution in [1.29, 1.82) is 0 Å². The Morgan fingerprint density at radius 3 is 3.00 bits per heavy atom. The summed E-state index contributed by atoms with van der Waals surface area (Å²) in [5.41, 5.74) is 0.684. The van der Waals surface area contributed by atoms with Crippen LogP contribution in [0.3, 0.4) is 0 Å². The lowest BCUT2D eigenvalue weighted by Gasteiger charge is -2.24. The lowest BCUT2D eigenvalue weighted by Crippen LogP contribution is -2.18. The van der Waals surface area contributed by atoms with E-state index in [-0.39, 0.29) is 5.78 Å². The van der Waals surface area contributed by atoms with Crippen LogP contribution in [0.25, 0.3) is 0 Å². The predicted octanol–water partition coefficient (Wildman–Crippen LogP) is 2.06. The molecule has 1 fully saturated rings. The van der Waals surface area contributed by atoms with Crippen molar-refractivity contribution in [1.82, 2.24) is 15.0 Å². The predicted molar refractivity (Wildman–Crippen MR) is 56.6 cm³/mol. The van der Waals surface area contributed by atoms with Gasteiger partial charge in [-0.2, -0.15) is 0 Å². The lowest BCUT2D eigenvalue weighted by atomic mass is 9.81. The molecule has 82 valence electrons. The van der Waals surface area contributed by atoms with Gasteiger partial charge in [-0.1, -0.05) is 31.4 Å². The molecule has 4 nitrogen and oxygen atoms in total. The summed E-state index contributed by atoms with van der Waals surface area (Å²) in [6.07, 6.45) is 6.95. The number of carbonyl (C=O) groups is 1. The number of rotatable bonds is 5. The van der Waals surface area contributed by atoms with Crippen molar-refractivity contribution in [3.8, 4) is 0 Å². The highest BCUT2D eigenvalue weighted by molar-refractivity contribution is 5.94. The van der Waals surface area contributed by atoms with Crippen molar-refractivity contribution in [2.75, 3.05) is 0 Å². The Labute approximate surface area is 89.7 Å². The van der Waals surface area contributed by atoms with Gasteiger partial charge in [-0.15, -0.1) is 5.10 Å². The molecule has 0 aromatic carbocycles. The highest BCUT2D eigenvalue weighted by atomic mass is 16.1. The topological polar surface area (TPSA) is 47.8 Å². The fourth-order valence-electron chi connectivity index (χ4n) is 1.91. The number of hydrogen-bond acceptors (Lipinski definition) is 3. The van der Waals surface area contributed by atoms with Gasteiger partial charge in [0.2, 0.25) is 0 Å². The summed E-state index contributed by atoms with van der Waals surface area (Å²) >= 11 is 0. The summed E-state index contributed by atoms with van der Waals surface area (Å²) in [5.74, 6) is 0.820. The molecular formula is C11H17N3O. The number of aromatic nitrogens is 3. The smallest absolute Gasteiger partial charge is 0.182 e. The maximum absolute atomic E-state index is 11.9. The Balaban J connectivity index is 2.00. The standard InChI is InChI=1S/C11H17N3O/c1-2-6-14-10(8-12-13-14)11(15)7-9-4-3-5-9/h8-9H,2-7H2,1H3. The van der Waals surface area contributed by atoms with E-state index in [1.54, 1.807) is 10.9 Å². The van der Waals surface area contributed by atoms with Gasteiger partial charge in [0.1, 0.15) is 5.69 Å². The lowest BCUT2D eigenvalue weighted by molar-refractivity contribution is 0.0925. The fraction of sp³-hybridized carbons (Fsp3) is 0.727. The molecular weight excluding hydrogens is 190 g/mol. The van der Waals surface area contributed by atoms with Crippen molar-refractivity contribution in [3.63, 3.8) is 0 Å². The van der Waals surface area contributed by atoms with Gasteiger partial charge in [0.05, 0.1) is 6.20 Å². The average molecular weight is 207 g/mol. The van der Waals surface area contributed by atoms with Crippen molar-refractivity contribution >= 4 is 5.78 Å². The van der Waals surface area contributed by atoms with Gasteiger partial charge < -0.3 is 0 Å². The third kappa shape index (κ3) is 2.25. The molecule has 0 N–H and O–H groups in total. The van der Waals surface area contributed by atoms with E-state index in [2.05, 4.69) is 17.2 Å². The molecule has 1 aromatic heterocycles. The molecule has 1 heterocycles. The van der Waals surface area contributed by atoms with E-state index in [1.807, 2.05) is 0 Å². The third-order valence-corrected chi connectivity index (χ3v) is 3.04. The van der Waals surface area contributed by atoms with Crippen LogP contribution in [0.1, 0.15) is 49.5 Å². The molecule has 0 spiro atoms. The fourth-order valence-corrected chi connectivity index (χ4v) is 1.91. The van der Waals surface area contributed by atoms with Crippen LogP contribution >= 0.6 is 0 Å². The quantitative estimate of drug-likeness (QED) is 0.694. The SMILES string of the molecule is CCCn1nncc1C(=O)CC1CCC1. The van der Waals surface area contributed by atoms with Crippen LogP contribution in [-0.4, -0.2) is 20.8 Å². The Kier molecular flexibility index (Phi) is 3.14. The van der Waals surface area contributed by atoms with Gasteiger partial charge in [-0.25, -0.2) is 4.68 Å². The first kappa shape index (κ1) is 10.3. The van der Waals surface area contributed by atoms with E-state index in [1.165, 1.54) is 19.3 Å². The number of nitrogens with zero attached hydrogens (tertiary/aromatic N) is 3. The molecule has 0 unspecified atom stereocenters. The number of carbonyl (C=O) groups excluding carboxylic acids is 1. The van der Waals surface area contributed by atoms with Gasteiger partial charge in [0, 0.05) is 13.0 Å². The van der Waals surface area contributed by atoms with E-state index in [0.717, 1.165) is 13.0 Å². The zero-order valence-corrected chi connectivity index (χ0v) is 9.15. The first-order valence-electron chi connectivity index (χ1n) is 5.73. The molecule has 0 amide bonds. The van der Waals surface area contributed by atoms with Gasteiger partial charge in [0.15, 0.2) is 5.78 Å². The summed E-state index contributed by atoms with van der Waals surface area (Å²) in [7, 11) is 0. The first-order valence-corrected chi connectivity index (χ1v) is 5.73. The molecule has 4 heteroatoms. The second kappa shape index (κ2) is 4.55. The van der Waals surface area contributed by atoms with Crippen molar-refractivity contribution in [2.24, 2.45) is 5.92 Å². The second-order valence-corrected chi connectivity index (χ2v) is 4.27. The van der Waals surface area contributed by atoms with Crippen molar-refractivity contribution in [3.05, 3.63) is 11.9 Å². The average Bonchev–Trinajstić information content (AvgIpc) is 2.60. The molecule has 15 heavy (non-hydrogen) atoms. The van der Waals surface area contributed by atoms with Crippen LogP contribution in [0.5, 0.6) is 0 Å². The van der Waals surface area contributed by atoms with E-state index in [0.29, 0.717) is 18.0 Å². The molecule has 0 saturated heterocycles. The maximum Gasteiger partial charge on any atom is 0.182 e. The van der Waals surface area contributed by atoms with E-state index < -0.39 is 0 Å². The van der Waals surface area contributed by atoms with Crippen LogP contribution in [-0.2, 0) is 6.54 Å². The van der Waals surface area contributed by atoms with E-state index >= 15 is 0 Å². The van der Waals surface area contributed by atoms with Crippen LogP contribution in [0.2, 0.25) is 0 Å². The molecule has 0 radical (unpaired) electrons. The minimum atomic E-state index is 0.207. The number of aryl methyl sites for hydroxylation is 1. The highest BCUT2D eigenvalue weighted by Gasteiger charge is 2.23. The summed E-state index contributed by atoms with van der Waals surface area (Å²) < 4.78 is 1.72. The summed E-state index contributed by atoms with van der Waals surface area (Å²) in [6, 6.07) is 0. The van der Waals surface area contributed by atoms with Crippen LogP contribution in [0, 0.1) is 5.92 Å². The molecule has 1 saturated carbocycles. The van der Waals surface area contributed by atoms with Gasteiger partial charge >= 0.3 is 0 Å². The van der Waals surface area contributed by atoms with Gasteiger partial charge in [-0.3, -0.25) is 4.79 Å². The minimum absolute atomic E-state index is 0.207. The summed E-state index contributed by atoms with van der Waals surface area (Å²) in [4.78, 5) is 11.9. The number of hydrogen-bond donors (Lipinski definition) is 0. The Morgan fingerprint density at radius 2 is 2.40 bits per heavy atom. The maximum atomic E-state index is 11.9. The van der Waals surface area contributed by atoms with Gasteiger partial charge in [0.25, 0.3) is 0 Å². The third-order valence-electron chi connectivity index (χ3n) is 3.04. The molecule has 0 aliphatic heterocycles. The summed E-state index contributed by atoms with van der Waals surface area (Å²) in [6.45, 7) is 2.85. The van der Waals surface area contributed by atoms with Crippen LogP contribution in [0.4, 0.5) is 0 Å². The largest absolute Gasteiger partial charge is 0.292 e. The van der Waals surface area contributed by atoms with Crippen LogP contribution < -0.4 is 0 Å². The van der Waals surface area contributed by atoms with Crippen molar-refractivity contribution < 1.29 is 4.79 Å². The zero-order valence-electron chi connectivity index (χ0n) is 9.15. The van der Waals surface area contributed by atoms with Crippen molar-refractivity contribution in [2.45, 2.75) is 45.6 Å². The highest BCUT2D eigenvalue weighted by Crippen LogP contribution is 2.30. The van der Waals surface area contributed by atoms with E-state index in [9.17, 15) is 4.79 Å². The number of ketones is 1. The monoisotopic (exact) mass is 207 g/mol. The Hall–Kier alpha value is -1.19. The second-order valence-electron chi connectivity index (χ2n) is 4.27. The summed E-state index contributed by atoms with van der Waals surface area (Å²) in [5, 5.41) is 7.73. The zero-order chi connectivity index (χ0) is 10.7. The molecule has 1 aliphatic carbocycles. The first-order chi connectivity index (χ1) is 7.31. The minimum Gasteiger partial charge on any atom is -0.292 e. The molecule has 0 atom stereocenters. The molecule has 1 aliphatic rings. The molecule has 0 bridgehead atoms. The van der Waals surface area contributed by atoms with E-state index in [4.69, 9.17) is 0 Å². The molecule has 2 rings (SSSR count). The molecule has 1 aromatic rings. The van der Waals surface area contributed by atoms with Crippen LogP contribution in [0.15, 0.2) is 6.20 Å². The Bertz CT molecular complexity index is 341. The number of Topliss-reactive ketones (excluding diaryl/α,β-unsaturated/α-hetero) is 1. The normalized spacial score (nSPS) is 16.3. The van der Waals surface area contributed by atoms with Gasteiger partial charge in [-0.05, 0) is 12.3 Å². The Morgan fingerprint density at radius 1 is 1.60 bits per heavy atom.